The van der Waals surface area contributed by atoms with Gasteiger partial charge in [-0.15, -0.1) is 0 Å². The first kappa shape index (κ1) is 17.5. The van der Waals surface area contributed by atoms with Crippen molar-refractivity contribution in [2.45, 2.75) is 20.3 Å². The van der Waals surface area contributed by atoms with Gasteiger partial charge in [0.2, 0.25) is 5.91 Å². The Morgan fingerprint density at radius 2 is 1.71 bits per heavy atom. The Balaban J connectivity index is 2.00. The van der Waals surface area contributed by atoms with Crippen molar-refractivity contribution in [3.63, 3.8) is 0 Å². The van der Waals surface area contributed by atoms with Crippen molar-refractivity contribution in [1.29, 1.82) is 0 Å². The third kappa shape index (κ3) is 4.59. The van der Waals surface area contributed by atoms with Gasteiger partial charge in [-0.2, -0.15) is 5.10 Å². The Bertz CT molecular complexity index is 737. The number of nitrogens with zero attached hydrogens (tertiary/aromatic N) is 1. The summed E-state index contributed by atoms with van der Waals surface area (Å²) in [6, 6.07) is 13.4. The van der Waals surface area contributed by atoms with Crippen LogP contribution in [0, 0.1) is 6.92 Å². The molecular weight excluding hydrogens is 304 g/mol. The maximum absolute atomic E-state index is 12.1. The number of hydrogen-bond donors (Lipinski definition) is 1. The molecule has 0 unspecified atom stereocenters. The Kier molecular flexibility index (Phi) is 5.95. The van der Waals surface area contributed by atoms with Crippen LogP contribution in [0.4, 0.5) is 0 Å². The summed E-state index contributed by atoms with van der Waals surface area (Å²) in [6.07, 6.45) is 0.213. The monoisotopic (exact) mass is 326 g/mol. The van der Waals surface area contributed by atoms with Gasteiger partial charge >= 0.3 is 0 Å². The fourth-order valence-electron chi connectivity index (χ4n) is 2.22. The lowest BCUT2D eigenvalue weighted by Crippen LogP contribution is -2.21. The summed E-state index contributed by atoms with van der Waals surface area (Å²) in [4.78, 5) is 12.1. The van der Waals surface area contributed by atoms with Crippen LogP contribution in [-0.4, -0.2) is 25.8 Å². The van der Waals surface area contributed by atoms with Gasteiger partial charge in [-0.25, -0.2) is 5.43 Å². The van der Waals surface area contributed by atoms with Crippen LogP contribution in [0.1, 0.15) is 23.6 Å². The first-order valence-electron chi connectivity index (χ1n) is 7.64. The van der Waals surface area contributed by atoms with Crippen molar-refractivity contribution in [3.05, 3.63) is 59.2 Å². The van der Waals surface area contributed by atoms with Gasteiger partial charge in [-0.05, 0) is 37.1 Å². The molecule has 0 heterocycles. The van der Waals surface area contributed by atoms with E-state index in [1.807, 2.05) is 44.2 Å². The summed E-state index contributed by atoms with van der Waals surface area (Å²) in [5.74, 6) is 1.05. The molecule has 0 aliphatic heterocycles. The Morgan fingerprint density at radius 3 is 2.33 bits per heavy atom. The van der Waals surface area contributed by atoms with Crippen LogP contribution in [0.3, 0.4) is 0 Å². The van der Waals surface area contributed by atoms with E-state index in [4.69, 9.17) is 9.47 Å². The number of nitrogens with one attached hydrogen (secondary N) is 1. The second-order valence-corrected chi connectivity index (χ2v) is 5.46. The molecule has 1 amide bonds. The summed E-state index contributed by atoms with van der Waals surface area (Å²) < 4.78 is 10.4. The van der Waals surface area contributed by atoms with E-state index < -0.39 is 0 Å². The number of carbonyl (C=O) groups excluding carboxylic acids is 1. The second-order valence-electron chi connectivity index (χ2n) is 5.46. The lowest BCUT2D eigenvalue weighted by Gasteiger charge is -2.09. The van der Waals surface area contributed by atoms with E-state index in [2.05, 4.69) is 10.5 Å². The fourth-order valence-corrected chi connectivity index (χ4v) is 2.22. The Labute approximate surface area is 142 Å². The highest BCUT2D eigenvalue weighted by atomic mass is 16.5. The first-order valence-corrected chi connectivity index (χ1v) is 7.64. The maximum Gasteiger partial charge on any atom is 0.244 e. The van der Waals surface area contributed by atoms with Crippen LogP contribution in [-0.2, 0) is 11.2 Å². The number of aryl methyl sites for hydroxylation is 1. The highest BCUT2D eigenvalue weighted by molar-refractivity contribution is 5.99. The maximum atomic E-state index is 12.1. The van der Waals surface area contributed by atoms with Crippen LogP contribution in [0.15, 0.2) is 47.6 Å². The van der Waals surface area contributed by atoms with E-state index >= 15 is 0 Å². The van der Waals surface area contributed by atoms with Crippen LogP contribution >= 0.6 is 0 Å². The molecule has 2 rings (SSSR count). The SMILES string of the molecule is COc1ccc(CC(=O)N/N=C(/C)c2ccc(C)cc2)cc1OC. The van der Waals surface area contributed by atoms with Crippen molar-refractivity contribution < 1.29 is 14.3 Å². The average molecular weight is 326 g/mol. The van der Waals surface area contributed by atoms with Crippen LogP contribution < -0.4 is 14.9 Å². The van der Waals surface area contributed by atoms with Gasteiger partial charge in [0.15, 0.2) is 11.5 Å². The molecule has 2 aromatic carbocycles. The molecule has 0 spiro atoms. The molecule has 0 radical (unpaired) electrons. The molecule has 1 N–H and O–H groups in total. The highest BCUT2D eigenvalue weighted by Crippen LogP contribution is 2.27. The zero-order valence-corrected chi connectivity index (χ0v) is 14.4. The number of methoxy groups -OCH3 is 2. The molecule has 24 heavy (non-hydrogen) atoms. The van der Waals surface area contributed by atoms with Crippen molar-refractivity contribution in [2.75, 3.05) is 14.2 Å². The molecule has 0 saturated heterocycles. The molecule has 0 atom stereocenters. The zero-order chi connectivity index (χ0) is 17.5. The first-order chi connectivity index (χ1) is 11.5. The number of carbonyl (C=O) groups is 1. The van der Waals surface area contributed by atoms with Gasteiger partial charge in [-0.1, -0.05) is 35.9 Å². The molecule has 0 aromatic heterocycles. The standard InChI is InChI=1S/C19H22N2O3/c1-13-5-8-16(9-6-13)14(2)20-21-19(22)12-15-7-10-17(23-3)18(11-15)24-4/h5-11H,12H2,1-4H3,(H,21,22)/b20-14-. The number of benzene rings is 2. The molecule has 5 heteroatoms. The third-order valence-electron chi connectivity index (χ3n) is 3.63. The molecule has 0 bridgehead atoms. The van der Waals surface area contributed by atoms with Crippen molar-refractivity contribution in [3.8, 4) is 11.5 Å². The normalized spacial score (nSPS) is 11.1. The van der Waals surface area contributed by atoms with Gasteiger partial charge in [0.1, 0.15) is 0 Å². The number of rotatable bonds is 6. The third-order valence-corrected chi connectivity index (χ3v) is 3.63. The van der Waals surface area contributed by atoms with Crippen molar-refractivity contribution in [2.24, 2.45) is 5.10 Å². The Hall–Kier alpha value is -2.82. The van der Waals surface area contributed by atoms with Gasteiger partial charge in [0.05, 0.1) is 26.4 Å². The minimum atomic E-state index is -0.186. The highest BCUT2D eigenvalue weighted by Gasteiger charge is 2.08. The smallest absolute Gasteiger partial charge is 0.244 e. The van der Waals surface area contributed by atoms with E-state index in [-0.39, 0.29) is 12.3 Å². The predicted octanol–water partition coefficient (Wildman–Crippen LogP) is 3.10. The molecule has 0 fully saturated rings. The molecule has 5 nitrogen and oxygen atoms in total. The molecule has 2 aromatic rings. The number of hydrogen-bond acceptors (Lipinski definition) is 4. The topological polar surface area (TPSA) is 59.9 Å². The zero-order valence-electron chi connectivity index (χ0n) is 14.4. The average Bonchev–Trinajstić information content (AvgIpc) is 2.60. The van der Waals surface area contributed by atoms with E-state index in [1.54, 1.807) is 26.4 Å². The molecule has 0 aliphatic rings. The minimum absolute atomic E-state index is 0.186. The summed E-state index contributed by atoms with van der Waals surface area (Å²) in [5, 5.41) is 4.16. The summed E-state index contributed by atoms with van der Waals surface area (Å²) in [6.45, 7) is 3.89. The summed E-state index contributed by atoms with van der Waals surface area (Å²) >= 11 is 0. The van der Waals surface area contributed by atoms with Crippen LogP contribution in [0.2, 0.25) is 0 Å². The molecule has 0 aliphatic carbocycles. The number of ether oxygens (including phenoxy) is 2. The summed E-state index contributed by atoms with van der Waals surface area (Å²) in [7, 11) is 3.14. The van der Waals surface area contributed by atoms with Gasteiger partial charge in [0, 0.05) is 0 Å². The van der Waals surface area contributed by atoms with Crippen molar-refractivity contribution >= 4 is 11.6 Å². The number of amides is 1. The van der Waals surface area contributed by atoms with Crippen LogP contribution in [0.25, 0.3) is 0 Å². The molecule has 0 saturated carbocycles. The second kappa shape index (κ2) is 8.15. The lowest BCUT2D eigenvalue weighted by molar-refractivity contribution is -0.120. The Morgan fingerprint density at radius 1 is 1.04 bits per heavy atom. The fraction of sp³-hybridized carbons (Fsp3) is 0.263. The van der Waals surface area contributed by atoms with Gasteiger partial charge in [0.25, 0.3) is 0 Å². The van der Waals surface area contributed by atoms with Crippen LogP contribution in [0.5, 0.6) is 11.5 Å². The van der Waals surface area contributed by atoms with E-state index in [9.17, 15) is 4.79 Å². The largest absolute Gasteiger partial charge is 0.493 e. The lowest BCUT2D eigenvalue weighted by atomic mass is 10.1. The summed E-state index contributed by atoms with van der Waals surface area (Å²) in [5.41, 5.74) is 6.34. The predicted molar refractivity (Wildman–Crippen MR) is 94.8 cm³/mol. The van der Waals surface area contributed by atoms with Gasteiger partial charge < -0.3 is 9.47 Å². The van der Waals surface area contributed by atoms with E-state index in [0.29, 0.717) is 11.5 Å². The quantitative estimate of drug-likeness (QED) is 0.655. The van der Waals surface area contributed by atoms with Crippen molar-refractivity contribution in [1.82, 2.24) is 5.43 Å². The molecule has 126 valence electrons. The minimum Gasteiger partial charge on any atom is -0.493 e. The number of hydrazone groups is 1. The molecular formula is C19H22N2O3. The van der Waals surface area contributed by atoms with E-state index in [0.717, 1.165) is 16.8 Å². The van der Waals surface area contributed by atoms with E-state index in [1.165, 1.54) is 5.56 Å². The van der Waals surface area contributed by atoms with Gasteiger partial charge in [-0.3, -0.25) is 4.79 Å².